The van der Waals surface area contributed by atoms with Crippen molar-refractivity contribution in [3.05, 3.63) is 46.4 Å². The summed E-state index contributed by atoms with van der Waals surface area (Å²) in [5, 5.41) is 8.87. The predicted octanol–water partition coefficient (Wildman–Crippen LogP) is 2.84. The van der Waals surface area contributed by atoms with Gasteiger partial charge in [-0.2, -0.15) is 0 Å². The monoisotopic (exact) mass is 250 g/mol. The molecular formula is C12H11ClN2O2. The second kappa shape index (κ2) is 4.22. The number of carboxylic acid groups (broad SMARTS) is 1. The molecule has 0 radical (unpaired) electrons. The fraction of sp³-hybridized carbons (Fsp3) is 0.167. The Morgan fingerprint density at radius 1 is 1.24 bits per heavy atom. The average molecular weight is 251 g/mol. The van der Waals surface area contributed by atoms with Gasteiger partial charge in [0.05, 0.1) is 5.56 Å². The van der Waals surface area contributed by atoms with Gasteiger partial charge in [-0.3, -0.25) is 0 Å². The van der Waals surface area contributed by atoms with Gasteiger partial charge in [0.15, 0.2) is 0 Å². The molecule has 2 aromatic heterocycles. The summed E-state index contributed by atoms with van der Waals surface area (Å²) >= 11 is 5.84. The van der Waals surface area contributed by atoms with Gasteiger partial charge in [-0.15, -0.1) is 0 Å². The van der Waals surface area contributed by atoms with Crippen LogP contribution in [0.25, 0.3) is 5.82 Å². The zero-order valence-corrected chi connectivity index (χ0v) is 10.2. The Balaban J connectivity index is 2.56. The Morgan fingerprint density at radius 2 is 1.82 bits per heavy atom. The maximum Gasteiger partial charge on any atom is 0.338 e. The molecule has 0 saturated carbocycles. The van der Waals surface area contributed by atoms with Crippen LogP contribution in [0.1, 0.15) is 21.7 Å². The van der Waals surface area contributed by atoms with E-state index >= 15 is 0 Å². The van der Waals surface area contributed by atoms with Gasteiger partial charge in [0.1, 0.15) is 11.0 Å². The number of pyridine rings is 1. The molecule has 4 nitrogen and oxygen atoms in total. The van der Waals surface area contributed by atoms with E-state index < -0.39 is 5.97 Å². The first-order valence-electron chi connectivity index (χ1n) is 5.06. The number of nitrogens with zero attached hydrogens (tertiary/aromatic N) is 2. The van der Waals surface area contributed by atoms with Crippen molar-refractivity contribution in [3.8, 4) is 5.82 Å². The van der Waals surface area contributed by atoms with Crippen molar-refractivity contribution < 1.29 is 9.90 Å². The van der Waals surface area contributed by atoms with Gasteiger partial charge in [0.2, 0.25) is 0 Å². The van der Waals surface area contributed by atoms with Crippen LogP contribution in [-0.4, -0.2) is 20.6 Å². The highest BCUT2D eigenvalue weighted by molar-refractivity contribution is 6.32. The first-order chi connectivity index (χ1) is 8.00. The van der Waals surface area contributed by atoms with E-state index in [-0.39, 0.29) is 10.7 Å². The quantitative estimate of drug-likeness (QED) is 0.834. The lowest BCUT2D eigenvalue weighted by molar-refractivity contribution is 0.0696. The van der Waals surface area contributed by atoms with Crippen LogP contribution in [0.3, 0.4) is 0 Å². The number of halogens is 1. The van der Waals surface area contributed by atoms with Crippen LogP contribution in [0.15, 0.2) is 24.3 Å². The maximum absolute atomic E-state index is 10.8. The number of aryl methyl sites for hydroxylation is 2. The Kier molecular flexibility index (Phi) is 2.90. The summed E-state index contributed by atoms with van der Waals surface area (Å²) in [5.74, 6) is -0.449. The van der Waals surface area contributed by atoms with Gasteiger partial charge in [0, 0.05) is 11.4 Å². The average Bonchev–Trinajstić information content (AvgIpc) is 2.58. The number of carboxylic acids is 1. The van der Waals surface area contributed by atoms with Crippen LogP contribution in [-0.2, 0) is 0 Å². The lowest BCUT2D eigenvalue weighted by Gasteiger charge is -2.09. The van der Waals surface area contributed by atoms with E-state index in [2.05, 4.69) is 4.98 Å². The minimum atomic E-state index is -1.07. The largest absolute Gasteiger partial charge is 0.478 e. The third kappa shape index (κ3) is 2.03. The first-order valence-corrected chi connectivity index (χ1v) is 5.43. The molecule has 0 aromatic carbocycles. The van der Waals surface area contributed by atoms with Crippen LogP contribution in [0.4, 0.5) is 0 Å². The number of hydrogen-bond donors (Lipinski definition) is 1. The molecule has 0 aliphatic carbocycles. The van der Waals surface area contributed by atoms with Gasteiger partial charge < -0.3 is 9.67 Å². The van der Waals surface area contributed by atoms with Crippen LogP contribution in [0.2, 0.25) is 5.15 Å². The summed E-state index contributed by atoms with van der Waals surface area (Å²) in [6.45, 7) is 3.90. The summed E-state index contributed by atoms with van der Waals surface area (Å²) in [6.07, 6.45) is 0. The van der Waals surface area contributed by atoms with E-state index in [1.807, 2.05) is 30.5 Å². The van der Waals surface area contributed by atoms with Gasteiger partial charge in [-0.05, 0) is 38.1 Å². The van der Waals surface area contributed by atoms with Crippen LogP contribution >= 0.6 is 11.6 Å². The standard InChI is InChI=1S/C12H11ClN2O2/c1-7-3-4-8(2)15(7)10-6-5-9(12(16)17)11(13)14-10/h3-6H,1-2H3,(H,16,17). The smallest absolute Gasteiger partial charge is 0.338 e. The van der Waals surface area contributed by atoms with Crippen LogP contribution in [0.5, 0.6) is 0 Å². The fourth-order valence-electron chi connectivity index (χ4n) is 1.74. The van der Waals surface area contributed by atoms with E-state index in [1.54, 1.807) is 6.07 Å². The fourth-order valence-corrected chi connectivity index (χ4v) is 1.97. The molecule has 0 aliphatic heterocycles. The van der Waals surface area contributed by atoms with E-state index in [9.17, 15) is 4.79 Å². The molecule has 2 heterocycles. The summed E-state index contributed by atoms with van der Waals surface area (Å²) in [7, 11) is 0. The second-order valence-electron chi connectivity index (χ2n) is 3.76. The summed E-state index contributed by atoms with van der Waals surface area (Å²) < 4.78 is 1.91. The molecule has 0 spiro atoms. The molecule has 0 fully saturated rings. The Hall–Kier alpha value is -1.81. The van der Waals surface area contributed by atoms with Gasteiger partial charge in [-0.25, -0.2) is 9.78 Å². The molecule has 17 heavy (non-hydrogen) atoms. The third-order valence-electron chi connectivity index (χ3n) is 2.56. The summed E-state index contributed by atoms with van der Waals surface area (Å²) in [4.78, 5) is 14.9. The Morgan fingerprint density at radius 3 is 2.29 bits per heavy atom. The normalized spacial score (nSPS) is 10.5. The molecule has 0 atom stereocenters. The molecule has 0 aliphatic rings. The summed E-state index contributed by atoms with van der Waals surface area (Å²) in [5.41, 5.74) is 2.06. The molecule has 0 amide bonds. The van der Waals surface area contributed by atoms with E-state index in [1.165, 1.54) is 6.07 Å². The SMILES string of the molecule is Cc1ccc(C)n1-c1ccc(C(=O)O)c(Cl)n1. The molecule has 88 valence electrons. The summed E-state index contributed by atoms with van der Waals surface area (Å²) in [6, 6.07) is 7.05. The number of aromatic nitrogens is 2. The lowest BCUT2D eigenvalue weighted by atomic mass is 10.3. The number of aromatic carboxylic acids is 1. The molecule has 0 unspecified atom stereocenters. The van der Waals surface area contributed by atoms with Crippen LogP contribution < -0.4 is 0 Å². The predicted molar refractivity (Wildman–Crippen MR) is 65.0 cm³/mol. The highest BCUT2D eigenvalue weighted by Gasteiger charge is 2.12. The maximum atomic E-state index is 10.8. The van der Waals surface area contributed by atoms with Crippen molar-refractivity contribution in [3.63, 3.8) is 0 Å². The zero-order chi connectivity index (χ0) is 12.6. The molecule has 2 rings (SSSR count). The number of rotatable bonds is 2. The van der Waals surface area contributed by atoms with Crippen molar-refractivity contribution in [2.75, 3.05) is 0 Å². The van der Waals surface area contributed by atoms with Gasteiger partial charge in [-0.1, -0.05) is 11.6 Å². The zero-order valence-electron chi connectivity index (χ0n) is 9.44. The number of hydrogen-bond acceptors (Lipinski definition) is 2. The minimum absolute atomic E-state index is 0.00231. The minimum Gasteiger partial charge on any atom is -0.478 e. The van der Waals surface area contributed by atoms with E-state index in [0.717, 1.165) is 11.4 Å². The van der Waals surface area contributed by atoms with Crippen molar-refractivity contribution in [2.45, 2.75) is 13.8 Å². The lowest BCUT2D eigenvalue weighted by Crippen LogP contribution is -2.05. The van der Waals surface area contributed by atoms with Crippen molar-refractivity contribution in [1.82, 2.24) is 9.55 Å². The van der Waals surface area contributed by atoms with Crippen molar-refractivity contribution in [2.24, 2.45) is 0 Å². The first kappa shape index (κ1) is 11.7. The van der Waals surface area contributed by atoms with E-state index in [0.29, 0.717) is 5.82 Å². The molecule has 2 aromatic rings. The number of carbonyl (C=O) groups is 1. The molecule has 1 N–H and O–H groups in total. The Bertz CT molecular complexity index is 571. The Labute approximate surface area is 103 Å². The molecular weight excluding hydrogens is 240 g/mol. The highest BCUT2D eigenvalue weighted by Crippen LogP contribution is 2.19. The van der Waals surface area contributed by atoms with Crippen LogP contribution in [0, 0.1) is 13.8 Å². The molecule has 0 bridgehead atoms. The second-order valence-corrected chi connectivity index (χ2v) is 4.12. The van der Waals surface area contributed by atoms with Crippen molar-refractivity contribution >= 4 is 17.6 Å². The molecule has 0 saturated heterocycles. The van der Waals surface area contributed by atoms with Gasteiger partial charge >= 0.3 is 5.97 Å². The highest BCUT2D eigenvalue weighted by atomic mass is 35.5. The topological polar surface area (TPSA) is 55.1 Å². The van der Waals surface area contributed by atoms with Gasteiger partial charge in [0.25, 0.3) is 0 Å². The third-order valence-corrected chi connectivity index (χ3v) is 2.85. The van der Waals surface area contributed by atoms with E-state index in [4.69, 9.17) is 16.7 Å². The molecule has 5 heteroatoms. The van der Waals surface area contributed by atoms with Crippen molar-refractivity contribution in [1.29, 1.82) is 0 Å².